The molecule has 0 heterocycles. The van der Waals surface area contributed by atoms with Crippen molar-refractivity contribution in [3.05, 3.63) is 107 Å². The fourth-order valence-electron chi connectivity index (χ4n) is 4.55. The maximum absolute atomic E-state index is 13.6. The number of halogens is 2. The van der Waals surface area contributed by atoms with Gasteiger partial charge in [0.15, 0.2) is 0 Å². The Balaban J connectivity index is 1.38. The van der Waals surface area contributed by atoms with Crippen molar-refractivity contribution in [2.24, 2.45) is 5.92 Å². The van der Waals surface area contributed by atoms with Crippen LogP contribution in [0.15, 0.2) is 79.4 Å². The normalized spacial score (nSPS) is 17.9. The topological polar surface area (TPSA) is 0 Å². The van der Waals surface area contributed by atoms with E-state index in [1.165, 1.54) is 60.9 Å². The summed E-state index contributed by atoms with van der Waals surface area (Å²) in [4.78, 5) is 0. The van der Waals surface area contributed by atoms with Gasteiger partial charge in [-0.25, -0.2) is 4.39 Å². The molecule has 2 heteroatoms. The summed E-state index contributed by atoms with van der Waals surface area (Å²) in [5, 5.41) is 0.113. The lowest BCUT2D eigenvalue weighted by atomic mass is 9.77. The molecule has 4 rings (SSSR count). The summed E-state index contributed by atoms with van der Waals surface area (Å²) in [6.45, 7) is 3.85. The van der Waals surface area contributed by atoms with Crippen LogP contribution in [0.4, 0.5) is 4.39 Å². The molecule has 0 aliphatic heterocycles. The van der Waals surface area contributed by atoms with Crippen molar-refractivity contribution in [2.75, 3.05) is 0 Å². The maximum Gasteiger partial charge on any atom is 0.143 e. The van der Waals surface area contributed by atoms with Crippen molar-refractivity contribution in [3.63, 3.8) is 0 Å². The van der Waals surface area contributed by atoms with Gasteiger partial charge in [-0.3, -0.25) is 0 Å². The van der Waals surface area contributed by atoms with Gasteiger partial charge in [-0.15, -0.1) is 6.58 Å². The average molecular weight is 443 g/mol. The predicted octanol–water partition coefficient (Wildman–Crippen LogP) is 8.79. The SMILES string of the molecule is C=CCC[C@H]1CC[C@H](c2ccc(-c3ccc(C#Cc4ccc(Cl)c(F)c4)cc3)cc2)CC1. The molecule has 0 unspecified atom stereocenters. The Labute approximate surface area is 196 Å². The first-order valence-electron chi connectivity index (χ1n) is 11.4. The summed E-state index contributed by atoms with van der Waals surface area (Å²) in [5.41, 5.74) is 5.37. The molecule has 0 nitrogen and oxygen atoms in total. The van der Waals surface area contributed by atoms with Crippen molar-refractivity contribution in [3.8, 4) is 23.0 Å². The Kier molecular flexibility index (Phi) is 7.46. The van der Waals surface area contributed by atoms with Crippen LogP contribution in [-0.4, -0.2) is 0 Å². The van der Waals surface area contributed by atoms with E-state index in [0.29, 0.717) is 11.5 Å². The van der Waals surface area contributed by atoms with Gasteiger partial charge in [0.2, 0.25) is 0 Å². The van der Waals surface area contributed by atoms with Crippen LogP contribution in [0, 0.1) is 23.6 Å². The van der Waals surface area contributed by atoms with E-state index in [-0.39, 0.29) is 5.02 Å². The van der Waals surface area contributed by atoms with E-state index in [9.17, 15) is 4.39 Å². The zero-order valence-electron chi connectivity index (χ0n) is 18.3. The van der Waals surface area contributed by atoms with Gasteiger partial charge in [-0.05, 0) is 97.4 Å². The molecule has 0 spiro atoms. The molecule has 0 bridgehead atoms. The lowest BCUT2D eigenvalue weighted by Gasteiger charge is -2.28. The monoisotopic (exact) mass is 442 g/mol. The highest BCUT2D eigenvalue weighted by molar-refractivity contribution is 6.30. The summed E-state index contributed by atoms with van der Waals surface area (Å²) < 4.78 is 13.6. The standard InChI is InChI=1S/C30H28ClF/c1-2-3-4-22-7-12-25(13-8-22)27-16-18-28(19-17-27)26-14-9-23(10-15-26)5-6-24-11-20-29(31)30(32)21-24/h2,9-11,14-22,25H,1,3-4,7-8,12-13H2/t22-,25-. The first-order valence-corrected chi connectivity index (χ1v) is 11.8. The van der Waals surface area contributed by atoms with Gasteiger partial charge in [0.1, 0.15) is 5.82 Å². The molecule has 0 atom stereocenters. The molecule has 0 radical (unpaired) electrons. The number of hydrogen-bond donors (Lipinski definition) is 0. The molecule has 0 saturated heterocycles. The third-order valence-corrected chi connectivity index (χ3v) is 6.80. The highest BCUT2D eigenvalue weighted by atomic mass is 35.5. The van der Waals surface area contributed by atoms with E-state index in [1.807, 2.05) is 18.2 Å². The first kappa shape index (κ1) is 22.4. The van der Waals surface area contributed by atoms with Gasteiger partial charge in [-0.1, -0.05) is 65.9 Å². The molecule has 162 valence electrons. The van der Waals surface area contributed by atoms with E-state index in [4.69, 9.17) is 11.6 Å². The Hall–Kier alpha value is -2.82. The van der Waals surface area contributed by atoms with E-state index in [2.05, 4.69) is 54.8 Å². The molecule has 0 aromatic heterocycles. The minimum Gasteiger partial charge on any atom is -0.205 e. The van der Waals surface area contributed by atoms with Crippen molar-refractivity contribution in [1.29, 1.82) is 0 Å². The summed E-state index contributed by atoms with van der Waals surface area (Å²) >= 11 is 5.72. The molecular weight excluding hydrogens is 415 g/mol. The quantitative estimate of drug-likeness (QED) is 0.273. The smallest absolute Gasteiger partial charge is 0.143 e. The zero-order chi connectivity index (χ0) is 22.3. The molecule has 1 saturated carbocycles. The summed E-state index contributed by atoms with van der Waals surface area (Å²) in [7, 11) is 0. The van der Waals surface area contributed by atoms with Crippen molar-refractivity contribution in [1.82, 2.24) is 0 Å². The molecule has 0 N–H and O–H groups in total. The molecular formula is C30H28ClF. The third kappa shape index (κ3) is 5.70. The first-order chi connectivity index (χ1) is 15.6. The van der Waals surface area contributed by atoms with Crippen LogP contribution in [0.2, 0.25) is 5.02 Å². The van der Waals surface area contributed by atoms with Crippen LogP contribution >= 0.6 is 11.6 Å². The van der Waals surface area contributed by atoms with Crippen molar-refractivity contribution in [2.45, 2.75) is 44.4 Å². The number of benzene rings is 3. The summed E-state index contributed by atoms with van der Waals surface area (Å²) in [6, 6.07) is 21.9. The molecule has 3 aromatic rings. The predicted molar refractivity (Wildman–Crippen MR) is 133 cm³/mol. The van der Waals surface area contributed by atoms with Crippen LogP contribution in [0.25, 0.3) is 11.1 Å². The highest BCUT2D eigenvalue weighted by Crippen LogP contribution is 2.38. The Morgan fingerprint density at radius 2 is 1.44 bits per heavy atom. The summed E-state index contributed by atoms with van der Waals surface area (Å²) in [5.74, 6) is 7.21. The van der Waals surface area contributed by atoms with E-state index >= 15 is 0 Å². The van der Waals surface area contributed by atoms with E-state index in [0.717, 1.165) is 17.9 Å². The second-order valence-electron chi connectivity index (χ2n) is 8.66. The Bertz CT molecular complexity index is 1110. The van der Waals surface area contributed by atoms with Gasteiger partial charge in [0.25, 0.3) is 0 Å². The maximum atomic E-state index is 13.6. The lowest BCUT2D eigenvalue weighted by molar-refractivity contribution is 0.312. The minimum absolute atomic E-state index is 0.113. The molecule has 1 aliphatic rings. The molecule has 1 fully saturated rings. The second-order valence-corrected chi connectivity index (χ2v) is 9.07. The van der Waals surface area contributed by atoms with E-state index in [1.54, 1.807) is 6.07 Å². The number of rotatable bonds is 5. The largest absolute Gasteiger partial charge is 0.205 e. The van der Waals surface area contributed by atoms with E-state index < -0.39 is 5.82 Å². The zero-order valence-corrected chi connectivity index (χ0v) is 19.0. The Morgan fingerprint density at radius 3 is 2.06 bits per heavy atom. The van der Waals surface area contributed by atoms with Crippen molar-refractivity contribution >= 4 is 11.6 Å². The van der Waals surface area contributed by atoms with Gasteiger partial charge >= 0.3 is 0 Å². The van der Waals surface area contributed by atoms with Crippen LogP contribution in [-0.2, 0) is 0 Å². The Morgan fingerprint density at radius 1 is 0.844 bits per heavy atom. The fraction of sp³-hybridized carbons (Fsp3) is 0.267. The average Bonchev–Trinajstić information content (AvgIpc) is 2.84. The molecule has 3 aromatic carbocycles. The molecule has 0 amide bonds. The van der Waals surface area contributed by atoms with Gasteiger partial charge < -0.3 is 0 Å². The highest BCUT2D eigenvalue weighted by Gasteiger charge is 2.21. The lowest BCUT2D eigenvalue weighted by Crippen LogP contribution is -2.13. The number of allylic oxidation sites excluding steroid dienone is 1. The van der Waals surface area contributed by atoms with Crippen LogP contribution in [0.5, 0.6) is 0 Å². The van der Waals surface area contributed by atoms with Gasteiger partial charge in [0, 0.05) is 11.1 Å². The van der Waals surface area contributed by atoms with Crippen LogP contribution < -0.4 is 0 Å². The van der Waals surface area contributed by atoms with Gasteiger partial charge in [-0.2, -0.15) is 0 Å². The number of hydrogen-bond acceptors (Lipinski definition) is 0. The van der Waals surface area contributed by atoms with Crippen LogP contribution in [0.3, 0.4) is 0 Å². The van der Waals surface area contributed by atoms with Crippen LogP contribution in [0.1, 0.15) is 61.1 Å². The minimum atomic E-state index is -0.446. The van der Waals surface area contributed by atoms with Gasteiger partial charge in [0.05, 0.1) is 5.02 Å². The fourth-order valence-corrected chi connectivity index (χ4v) is 4.67. The second kappa shape index (κ2) is 10.7. The molecule has 32 heavy (non-hydrogen) atoms. The summed E-state index contributed by atoms with van der Waals surface area (Å²) in [6.07, 6.45) is 9.76. The third-order valence-electron chi connectivity index (χ3n) is 6.50. The van der Waals surface area contributed by atoms with Crippen molar-refractivity contribution < 1.29 is 4.39 Å². The molecule has 1 aliphatic carbocycles.